The highest BCUT2D eigenvalue weighted by Crippen LogP contribution is 2.11. The molecule has 3 nitrogen and oxygen atoms in total. The van der Waals surface area contributed by atoms with Gasteiger partial charge >= 0.3 is 0 Å². The third-order valence-electron chi connectivity index (χ3n) is 2.78. The van der Waals surface area contributed by atoms with Crippen LogP contribution in [0.5, 0.6) is 0 Å². The minimum absolute atomic E-state index is 0.714. The Morgan fingerprint density at radius 3 is 3.08 bits per heavy atom. The van der Waals surface area contributed by atoms with Gasteiger partial charge in [0.15, 0.2) is 0 Å². The van der Waals surface area contributed by atoms with Crippen molar-refractivity contribution in [2.45, 2.75) is 18.9 Å². The van der Waals surface area contributed by atoms with Crippen LogP contribution in [0.25, 0.3) is 0 Å². The van der Waals surface area contributed by atoms with E-state index in [0.29, 0.717) is 6.04 Å². The molecule has 0 radical (unpaired) electrons. The molecule has 0 bridgehead atoms. The molecule has 2 atom stereocenters. The number of hydrogen-bond acceptors (Lipinski definition) is 3. The molecular formula is C9H18N2O. The Morgan fingerprint density at radius 2 is 2.42 bits per heavy atom. The smallest absolute Gasteiger partial charge is 0.0507 e. The third kappa shape index (κ3) is 2.19. The van der Waals surface area contributed by atoms with Gasteiger partial charge in [-0.1, -0.05) is 0 Å². The van der Waals surface area contributed by atoms with Gasteiger partial charge in [-0.3, -0.25) is 0 Å². The molecule has 0 aromatic heterocycles. The van der Waals surface area contributed by atoms with Crippen molar-refractivity contribution < 1.29 is 4.74 Å². The summed E-state index contributed by atoms with van der Waals surface area (Å²) >= 11 is 0. The standard InChI is InChI=1S/C9H18N2O/c1-3-10-6-9(1)11-5-8-2-4-12-7-8/h8-11H,1-7H2. The summed E-state index contributed by atoms with van der Waals surface area (Å²) in [5.74, 6) is 0.769. The summed E-state index contributed by atoms with van der Waals surface area (Å²) < 4.78 is 5.32. The molecule has 2 N–H and O–H groups in total. The lowest BCUT2D eigenvalue weighted by Gasteiger charge is -2.13. The van der Waals surface area contributed by atoms with Gasteiger partial charge in [-0.05, 0) is 25.3 Å². The van der Waals surface area contributed by atoms with Crippen LogP contribution in [0.15, 0.2) is 0 Å². The minimum atomic E-state index is 0.714. The molecule has 0 aliphatic carbocycles. The average molecular weight is 170 g/mol. The molecule has 2 saturated heterocycles. The van der Waals surface area contributed by atoms with Gasteiger partial charge in [0.25, 0.3) is 0 Å². The first-order chi connectivity index (χ1) is 5.95. The maximum Gasteiger partial charge on any atom is 0.0507 e. The molecule has 0 saturated carbocycles. The van der Waals surface area contributed by atoms with Gasteiger partial charge in [0.05, 0.1) is 6.61 Å². The molecule has 70 valence electrons. The summed E-state index contributed by atoms with van der Waals surface area (Å²) in [4.78, 5) is 0. The van der Waals surface area contributed by atoms with E-state index in [1.807, 2.05) is 0 Å². The Morgan fingerprint density at radius 1 is 1.42 bits per heavy atom. The Hall–Kier alpha value is -0.120. The molecule has 0 spiro atoms. The molecule has 2 rings (SSSR count). The zero-order chi connectivity index (χ0) is 8.23. The van der Waals surface area contributed by atoms with Crippen molar-refractivity contribution in [3.8, 4) is 0 Å². The Balaban J connectivity index is 1.60. The minimum Gasteiger partial charge on any atom is -0.381 e. The van der Waals surface area contributed by atoms with Crippen molar-refractivity contribution in [2.75, 3.05) is 32.8 Å². The number of rotatable bonds is 3. The lowest BCUT2D eigenvalue weighted by molar-refractivity contribution is 0.184. The maximum atomic E-state index is 5.32. The van der Waals surface area contributed by atoms with Gasteiger partial charge in [0.1, 0.15) is 0 Å². The molecular weight excluding hydrogens is 152 g/mol. The van der Waals surface area contributed by atoms with Crippen molar-refractivity contribution in [1.29, 1.82) is 0 Å². The number of nitrogens with one attached hydrogen (secondary N) is 2. The van der Waals surface area contributed by atoms with Gasteiger partial charge < -0.3 is 15.4 Å². The van der Waals surface area contributed by atoms with Gasteiger partial charge in [-0.25, -0.2) is 0 Å². The van der Waals surface area contributed by atoms with Crippen LogP contribution in [-0.4, -0.2) is 38.9 Å². The zero-order valence-electron chi connectivity index (χ0n) is 7.51. The van der Waals surface area contributed by atoms with Crippen molar-refractivity contribution in [2.24, 2.45) is 5.92 Å². The highest BCUT2D eigenvalue weighted by Gasteiger charge is 2.18. The molecule has 0 amide bonds. The zero-order valence-corrected chi connectivity index (χ0v) is 7.51. The van der Waals surface area contributed by atoms with E-state index in [1.165, 1.54) is 19.4 Å². The van der Waals surface area contributed by atoms with E-state index in [-0.39, 0.29) is 0 Å². The van der Waals surface area contributed by atoms with Crippen molar-refractivity contribution in [3.63, 3.8) is 0 Å². The molecule has 2 unspecified atom stereocenters. The number of hydrogen-bond donors (Lipinski definition) is 2. The largest absolute Gasteiger partial charge is 0.381 e. The molecule has 3 heteroatoms. The molecule has 12 heavy (non-hydrogen) atoms. The van der Waals surface area contributed by atoms with Crippen LogP contribution in [0.1, 0.15) is 12.8 Å². The van der Waals surface area contributed by atoms with Crippen LogP contribution in [0.3, 0.4) is 0 Å². The van der Waals surface area contributed by atoms with Crippen LogP contribution in [0.2, 0.25) is 0 Å². The summed E-state index contributed by atoms with van der Waals surface area (Å²) in [5, 5.41) is 6.93. The van der Waals surface area contributed by atoms with E-state index in [2.05, 4.69) is 10.6 Å². The van der Waals surface area contributed by atoms with Crippen LogP contribution >= 0.6 is 0 Å². The van der Waals surface area contributed by atoms with E-state index >= 15 is 0 Å². The first-order valence-electron chi connectivity index (χ1n) is 4.97. The summed E-state index contributed by atoms with van der Waals surface area (Å²) in [6.07, 6.45) is 2.53. The normalized spacial score (nSPS) is 36.0. The average Bonchev–Trinajstić information content (AvgIpc) is 2.74. The Bertz CT molecular complexity index is 112. The second kappa shape index (κ2) is 4.21. The quantitative estimate of drug-likeness (QED) is 0.624. The molecule has 0 aromatic carbocycles. The van der Waals surface area contributed by atoms with Gasteiger partial charge in [-0.15, -0.1) is 0 Å². The third-order valence-corrected chi connectivity index (χ3v) is 2.78. The Kier molecular flexibility index (Phi) is 2.98. The van der Waals surface area contributed by atoms with Gasteiger partial charge in [0.2, 0.25) is 0 Å². The molecule has 0 aromatic rings. The maximum absolute atomic E-state index is 5.32. The number of ether oxygens (including phenoxy) is 1. The lowest BCUT2D eigenvalue weighted by Crippen LogP contribution is -2.35. The van der Waals surface area contributed by atoms with Gasteiger partial charge in [0, 0.05) is 25.7 Å². The predicted molar refractivity (Wildman–Crippen MR) is 48.2 cm³/mol. The van der Waals surface area contributed by atoms with E-state index in [0.717, 1.165) is 32.2 Å². The fourth-order valence-corrected chi connectivity index (χ4v) is 1.91. The van der Waals surface area contributed by atoms with Crippen molar-refractivity contribution in [3.05, 3.63) is 0 Å². The van der Waals surface area contributed by atoms with Crippen molar-refractivity contribution in [1.82, 2.24) is 10.6 Å². The monoisotopic (exact) mass is 170 g/mol. The van der Waals surface area contributed by atoms with Crippen LogP contribution in [0, 0.1) is 5.92 Å². The van der Waals surface area contributed by atoms with E-state index in [4.69, 9.17) is 4.74 Å². The highest BCUT2D eigenvalue weighted by molar-refractivity contribution is 4.79. The van der Waals surface area contributed by atoms with Crippen LogP contribution in [-0.2, 0) is 4.74 Å². The molecule has 2 aliphatic rings. The summed E-state index contributed by atoms with van der Waals surface area (Å²) in [7, 11) is 0. The summed E-state index contributed by atoms with van der Waals surface area (Å²) in [5.41, 5.74) is 0. The van der Waals surface area contributed by atoms with Crippen LogP contribution in [0.4, 0.5) is 0 Å². The molecule has 2 heterocycles. The fourth-order valence-electron chi connectivity index (χ4n) is 1.91. The lowest BCUT2D eigenvalue weighted by atomic mass is 10.1. The van der Waals surface area contributed by atoms with E-state index < -0.39 is 0 Å². The van der Waals surface area contributed by atoms with Crippen LogP contribution < -0.4 is 10.6 Å². The van der Waals surface area contributed by atoms with E-state index in [9.17, 15) is 0 Å². The second-order valence-electron chi connectivity index (χ2n) is 3.83. The summed E-state index contributed by atoms with van der Waals surface area (Å²) in [6.45, 7) is 5.40. The second-order valence-corrected chi connectivity index (χ2v) is 3.83. The first-order valence-corrected chi connectivity index (χ1v) is 4.97. The molecule has 2 aliphatic heterocycles. The Labute approximate surface area is 73.9 Å². The first kappa shape index (κ1) is 8.48. The van der Waals surface area contributed by atoms with Crippen molar-refractivity contribution >= 4 is 0 Å². The SMILES string of the molecule is C1CC(NCC2CCOC2)CN1. The van der Waals surface area contributed by atoms with E-state index in [1.54, 1.807) is 0 Å². The predicted octanol–water partition coefficient (Wildman–Crippen LogP) is -0.0256. The topological polar surface area (TPSA) is 33.3 Å². The summed E-state index contributed by atoms with van der Waals surface area (Å²) in [6, 6.07) is 0.714. The fraction of sp³-hybridized carbons (Fsp3) is 1.00. The van der Waals surface area contributed by atoms with Gasteiger partial charge in [-0.2, -0.15) is 0 Å². The molecule has 2 fully saturated rings. The highest BCUT2D eigenvalue weighted by atomic mass is 16.5.